The van der Waals surface area contributed by atoms with E-state index < -0.39 is 0 Å². The lowest BCUT2D eigenvalue weighted by molar-refractivity contribution is -0.115. The number of pyridine rings is 1. The summed E-state index contributed by atoms with van der Waals surface area (Å²) in [5, 5.41) is 3.12. The van der Waals surface area contributed by atoms with Crippen molar-refractivity contribution in [2.75, 3.05) is 5.32 Å². The molecule has 1 N–H and O–H groups in total. The molecule has 0 aliphatic rings. The highest BCUT2D eigenvalue weighted by atomic mass is 79.9. The molecule has 0 fully saturated rings. The normalized spacial score (nSPS) is 12.2. The zero-order valence-electron chi connectivity index (χ0n) is 7.63. The van der Waals surface area contributed by atoms with Gasteiger partial charge in [-0.3, -0.25) is 4.79 Å². The Bertz CT molecular complexity index is 315. The Labute approximate surface area is 96.0 Å². The van der Waals surface area contributed by atoms with E-state index in [-0.39, 0.29) is 10.7 Å². The van der Waals surface area contributed by atoms with Crippen LogP contribution in [0.15, 0.2) is 18.3 Å². The van der Waals surface area contributed by atoms with Crippen LogP contribution in [0.3, 0.4) is 0 Å². The first-order valence-corrected chi connectivity index (χ1v) is 5.49. The van der Waals surface area contributed by atoms with Crippen LogP contribution in [-0.2, 0) is 4.79 Å². The molecule has 1 atom stereocenters. The van der Waals surface area contributed by atoms with Crippen molar-refractivity contribution in [3.05, 3.63) is 23.5 Å². The first kappa shape index (κ1) is 11.5. The molecular formula is C9H10BrClN2O. The molecule has 1 amide bonds. The molecule has 14 heavy (non-hydrogen) atoms. The quantitative estimate of drug-likeness (QED) is 0.682. The van der Waals surface area contributed by atoms with Crippen molar-refractivity contribution < 1.29 is 4.79 Å². The number of anilines is 1. The molecule has 1 heterocycles. The molecule has 1 rings (SSSR count). The van der Waals surface area contributed by atoms with Crippen molar-refractivity contribution >= 4 is 39.1 Å². The third kappa shape index (κ3) is 3.27. The van der Waals surface area contributed by atoms with Gasteiger partial charge in [-0.1, -0.05) is 34.5 Å². The van der Waals surface area contributed by atoms with Crippen LogP contribution in [0.5, 0.6) is 0 Å². The number of amides is 1. The summed E-state index contributed by atoms with van der Waals surface area (Å²) in [5.74, 6) is -0.0726. The summed E-state index contributed by atoms with van der Waals surface area (Å²) in [7, 11) is 0. The highest BCUT2D eigenvalue weighted by Gasteiger charge is 2.11. The molecule has 0 aromatic carbocycles. The summed E-state index contributed by atoms with van der Waals surface area (Å²) in [6.07, 6.45) is 2.27. The van der Waals surface area contributed by atoms with E-state index in [0.717, 1.165) is 6.42 Å². The first-order chi connectivity index (χ1) is 6.63. The van der Waals surface area contributed by atoms with Crippen molar-refractivity contribution in [3.63, 3.8) is 0 Å². The number of aromatic nitrogens is 1. The molecule has 0 saturated heterocycles. The fourth-order valence-corrected chi connectivity index (χ4v) is 1.08. The van der Waals surface area contributed by atoms with Crippen LogP contribution in [0.25, 0.3) is 0 Å². The van der Waals surface area contributed by atoms with Crippen LogP contribution in [-0.4, -0.2) is 15.7 Å². The van der Waals surface area contributed by atoms with Gasteiger partial charge in [-0.2, -0.15) is 0 Å². The number of nitrogens with one attached hydrogen (secondary N) is 1. The molecule has 0 spiro atoms. The maximum absolute atomic E-state index is 11.4. The number of rotatable bonds is 3. The number of alkyl halides is 1. The van der Waals surface area contributed by atoms with Crippen LogP contribution < -0.4 is 5.32 Å². The van der Waals surface area contributed by atoms with Crippen molar-refractivity contribution in [1.82, 2.24) is 4.98 Å². The van der Waals surface area contributed by atoms with Gasteiger partial charge >= 0.3 is 0 Å². The van der Waals surface area contributed by atoms with Gasteiger partial charge in [-0.15, -0.1) is 0 Å². The van der Waals surface area contributed by atoms with Crippen LogP contribution in [0.1, 0.15) is 13.3 Å². The molecule has 76 valence electrons. The van der Waals surface area contributed by atoms with Crippen LogP contribution >= 0.6 is 27.5 Å². The molecule has 3 nitrogen and oxygen atoms in total. The smallest absolute Gasteiger partial charge is 0.238 e. The van der Waals surface area contributed by atoms with E-state index in [9.17, 15) is 4.79 Å². The number of carbonyl (C=O) groups is 1. The molecule has 0 bridgehead atoms. The van der Waals surface area contributed by atoms with E-state index in [0.29, 0.717) is 10.8 Å². The van der Waals surface area contributed by atoms with Gasteiger partial charge < -0.3 is 5.32 Å². The summed E-state index contributed by atoms with van der Waals surface area (Å²) < 4.78 is 0. The maximum Gasteiger partial charge on any atom is 0.238 e. The van der Waals surface area contributed by atoms with Gasteiger partial charge in [-0.25, -0.2) is 4.98 Å². The SMILES string of the molecule is CCC(Br)C(=O)Nc1ccc(Cl)nc1. The molecule has 0 aliphatic carbocycles. The van der Waals surface area contributed by atoms with Crippen molar-refractivity contribution in [2.45, 2.75) is 18.2 Å². The van der Waals surface area contributed by atoms with E-state index in [1.54, 1.807) is 12.1 Å². The second-order valence-corrected chi connectivity index (χ2v) is 4.23. The predicted molar refractivity (Wildman–Crippen MR) is 60.9 cm³/mol. The van der Waals surface area contributed by atoms with Crippen molar-refractivity contribution in [1.29, 1.82) is 0 Å². The lowest BCUT2D eigenvalue weighted by Crippen LogP contribution is -2.21. The maximum atomic E-state index is 11.4. The van der Waals surface area contributed by atoms with Crippen LogP contribution in [0.2, 0.25) is 5.15 Å². The number of hydrogen-bond donors (Lipinski definition) is 1. The lowest BCUT2D eigenvalue weighted by atomic mass is 10.3. The summed E-state index contributed by atoms with van der Waals surface area (Å²) >= 11 is 8.86. The van der Waals surface area contributed by atoms with Gasteiger partial charge in [0.05, 0.1) is 16.7 Å². The van der Waals surface area contributed by atoms with Crippen LogP contribution in [0, 0.1) is 0 Å². The number of hydrogen-bond acceptors (Lipinski definition) is 2. The molecule has 1 unspecified atom stereocenters. The fraction of sp³-hybridized carbons (Fsp3) is 0.333. The van der Waals surface area contributed by atoms with Gasteiger partial charge in [-0.05, 0) is 18.6 Å². The van der Waals surface area contributed by atoms with Gasteiger partial charge in [0.15, 0.2) is 0 Å². The topological polar surface area (TPSA) is 42.0 Å². The van der Waals surface area contributed by atoms with E-state index in [4.69, 9.17) is 11.6 Å². The first-order valence-electron chi connectivity index (χ1n) is 4.20. The minimum Gasteiger partial charge on any atom is -0.324 e. The highest BCUT2D eigenvalue weighted by molar-refractivity contribution is 9.10. The summed E-state index contributed by atoms with van der Waals surface area (Å²) in [5.41, 5.74) is 0.650. The molecular weight excluding hydrogens is 267 g/mol. The molecule has 0 aliphatic heterocycles. The average molecular weight is 278 g/mol. The van der Waals surface area contributed by atoms with E-state index in [1.165, 1.54) is 6.20 Å². The number of nitrogens with zero attached hydrogens (tertiary/aromatic N) is 1. The summed E-state index contributed by atoms with van der Waals surface area (Å²) in [4.78, 5) is 15.1. The van der Waals surface area contributed by atoms with Gasteiger partial charge in [0.1, 0.15) is 5.15 Å². The molecule has 1 aromatic rings. The number of carbonyl (C=O) groups excluding carboxylic acids is 1. The Morgan fingerprint density at radius 1 is 1.71 bits per heavy atom. The third-order valence-electron chi connectivity index (χ3n) is 1.64. The third-order valence-corrected chi connectivity index (χ3v) is 2.92. The predicted octanol–water partition coefficient (Wildman–Crippen LogP) is 2.85. The average Bonchev–Trinajstić information content (AvgIpc) is 2.20. The fourth-order valence-electron chi connectivity index (χ4n) is 0.856. The van der Waals surface area contributed by atoms with Crippen molar-refractivity contribution in [2.24, 2.45) is 0 Å². The molecule has 0 radical (unpaired) electrons. The Kier molecular flexibility index (Phi) is 4.35. The zero-order valence-corrected chi connectivity index (χ0v) is 9.97. The number of halogens is 2. The molecule has 0 saturated carbocycles. The minimum atomic E-state index is -0.168. The second kappa shape index (κ2) is 5.32. The van der Waals surface area contributed by atoms with Gasteiger partial charge in [0.25, 0.3) is 0 Å². The van der Waals surface area contributed by atoms with Crippen LogP contribution in [0.4, 0.5) is 5.69 Å². The Balaban J connectivity index is 2.60. The second-order valence-electron chi connectivity index (χ2n) is 2.73. The van der Waals surface area contributed by atoms with Gasteiger partial charge in [0.2, 0.25) is 5.91 Å². The highest BCUT2D eigenvalue weighted by Crippen LogP contribution is 2.12. The Morgan fingerprint density at radius 2 is 2.43 bits per heavy atom. The zero-order chi connectivity index (χ0) is 10.6. The van der Waals surface area contributed by atoms with E-state index >= 15 is 0 Å². The largest absolute Gasteiger partial charge is 0.324 e. The summed E-state index contributed by atoms with van der Waals surface area (Å²) in [6, 6.07) is 3.34. The van der Waals surface area contributed by atoms with Crippen molar-refractivity contribution in [3.8, 4) is 0 Å². The van der Waals surface area contributed by atoms with E-state index in [1.807, 2.05) is 6.92 Å². The lowest BCUT2D eigenvalue weighted by Gasteiger charge is -2.07. The standard InChI is InChI=1S/C9H10BrClN2O/c1-2-7(10)9(14)13-6-3-4-8(11)12-5-6/h3-5,7H,2H2,1H3,(H,13,14). The Morgan fingerprint density at radius 3 is 2.93 bits per heavy atom. The summed E-state index contributed by atoms with van der Waals surface area (Å²) in [6.45, 7) is 1.93. The Hall–Kier alpha value is -0.610. The van der Waals surface area contributed by atoms with Gasteiger partial charge in [0, 0.05) is 0 Å². The molecule has 1 aromatic heterocycles. The minimum absolute atomic E-state index is 0.0726. The monoisotopic (exact) mass is 276 g/mol. The van der Waals surface area contributed by atoms with E-state index in [2.05, 4.69) is 26.2 Å². The molecule has 5 heteroatoms.